The largest absolute Gasteiger partial charge is 0.381 e. The van der Waals surface area contributed by atoms with Gasteiger partial charge in [-0.15, -0.1) is 0 Å². The molecule has 4 heterocycles. The predicted molar refractivity (Wildman–Crippen MR) is 104 cm³/mol. The summed E-state index contributed by atoms with van der Waals surface area (Å²) in [5, 5.41) is 0. The van der Waals surface area contributed by atoms with Gasteiger partial charge in [-0.2, -0.15) is 0 Å². The number of hydrogen-bond donors (Lipinski definition) is 0. The molecule has 3 aromatic rings. The fourth-order valence-electron chi connectivity index (χ4n) is 5.49. The monoisotopic (exact) mass is 374 g/mol. The Labute approximate surface area is 163 Å². The first-order valence-corrected chi connectivity index (χ1v) is 10.0. The highest BCUT2D eigenvalue weighted by molar-refractivity contribution is 5.96. The molecule has 6 heteroatoms. The molecule has 3 aliphatic rings. The Bertz CT molecular complexity index is 1050. The van der Waals surface area contributed by atoms with Crippen molar-refractivity contribution in [3.63, 3.8) is 0 Å². The van der Waals surface area contributed by atoms with E-state index in [4.69, 9.17) is 4.74 Å². The molecule has 0 N–H and O–H groups in total. The van der Waals surface area contributed by atoms with E-state index in [1.54, 1.807) is 12.5 Å². The van der Waals surface area contributed by atoms with Gasteiger partial charge in [0, 0.05) is 31.6 Å². The first-order chi connectivity index (χ1) is 13.8. The minimum Gasteiger partial charge on any atom is -0.381 e. The van der Waals surface area contributed by atoms with Crippen LogP contribution in [0.4, 0.5) is 0 Å². The molecule has 2 aromatic heterocycles. The van der Waals surface area contributed by atoms with Gasteiger partial charge in [-0.25, -0.2) is 9.97 Å². The molecule has 28 heavy (non-hydrogen) atoms. The lowest BCUT2D eigenvalue weighted by Crippen LogP contribution is -2.31. The number of imidazole rings is 1. The van der Waals surface area contributed by atoms with Crippen molar-refractivity contribution in [3.8, 4) is 5.69 Å². The third kappa shape index (κ3) is 2.41. The zero-order chi connectivity index (χ0) is 18.7. The summed E-state index contributed by atoms with van der Waals surface area (Å²) in [6.45, 7) is 3.51. The van der Waals surface area contributed by atoms with Gasteiger partial charge in [-0.3, -0.25) is 9.36 Å². The van der Waals surface area contributed by atoms with Crippen LogP contribution in [0.5, 0.6) is 0 Å². The van der Waals surface area contributed by atoms with E-state index in [1.807, 2.05) is 45.9 Å². The summed E-state index contributed by atoms with van der Waals surface area (Å²) in [5.41, 5.74) is 3.16. The highest BCUT2D eigenvalue weighted by Gasteiger charge is 2.51. The average molecular weight is 374 g/mol. The van der Waals surface area contributed by atoms with Gasteiger partial charge >= 0.3 is 0 Å². The number of benzene rings is 1. The molecular formula is C22H22N4O2. The highest BCUT2D eigenvalue weighted by Crippen LogP contribution is 2.48. The van der Waals surface area contributed by atoms with Gasteiger partial charge in [0.2, 0.25) is 0 Å². The Kier molecular flexibility index (Phi) is 3.56. The van der Waals surface area contributed by atoms with Crippen LogP contribution in [-0.4, -0.2) is 51.6 Å². The van der Waals surface area contributed by atoms with E-state index in [-0.39, 0.29) is 5.91 Å². The minimum atomic E-state index is 0.0773. The molecule has 1 saturated carbocycles. The van der Waals surface area contributed by atoms with Crippen molar-refractivity contribution in [2.24, 2.45) is 23.7 Å². The second kappa shape index (κ2) is 6.14. The normalized spacial score (nSPS) is 28.6. The number of carbonyl (C=O) groups excluding carboxylic acids is 1. The first kappa shape index (κ1) is 16.2. The minimum absolute atomic E-state index is 0.0773. The molecule has 6 nitrogen and oxygen atoms in total. The zero-order valence-electron chi connectivity index (χ0n) is 15.6. The van der Waals surface area contributed by atoms with Crippen molar-refractivity contribution in [3.05, 3.63) is 54.5 Å². The third-order valence-electron chi connectivity index (χ3n) is 6.85. The maximum atomic E-state index is 13.1. The molecule has 0 bridgehead atoms. The standard InChI is InChI=1S/C22H22N4O2/c27-22(25-9-15-6-16-11-28-12-19(16)18(15)10-25)14-7-20-21(23-8-14)26(13-24-20)17-4-2-1-3-5-17/h1-5,7-8,13,15-16,18-19H,6,9-12H2/t15-,16+,18+,19-/m0/s1. The highest BCUT2D eigenvalue weighted by atomic mass is 16.5. The summed E-state index contributed by atoms with van der Waals surface area (Å²) in [5.74, 6) is 2.67. The molecule has 3 fully saturated rings. The summed E-state index contributed by atoms with van der Waals surface area (Å²) in [6, 6.07) is 11.9. The summed E-state index contributed by atoms with van der Waals surface area (Å²) in [4.78, 5) is 24.2. The van der Waals surface area contributed by atoms with Crippen molar-refractivity contribution < 1.29 is 9.53 Å². The van der Waals surface area contributed by atoms with E-state index in [0.717, 1.165) is 43.2 Å². The molecule has 6 rings (SSSR count). The quantitative estimate of drug-likeness (QED) is 0.692. The molecule has 4 atom stereocenters. The topological polar surface area (TPSA) is 60.2 Å². The SMILES string of the molecule is O=C(c1cnc2c(c1)ncn2-c1ccccc1)N1C[C@@H]2C[C@@H]3COC[C@@H]3[C@@H]2C1. The summed E-state index contributed by atoms with van der Waals surface area (Å²) >= 11 is 0. The van der Waals surface area contributed by atoms with Gasteiger partial charge in [0.15, 0.2) is 5.65 Å². The molecule has 142 valence electrons. The zero-order valence-corrected chi connectivity index (χ0v) is 15.6. The van der Waals surface area contributed by atoms with E-state index in [2.05, 4.69) is 9.97 Å². The number of rotatable bonds is 2. The molecule has 0 spiro atoms. The van der Waals surface area contributed by atoms with Crippen molar-refractivity contribution in [1.29, 1.82) is 0 Å². The van der Waals surface area contributed by atoms with Crippen LogP contribution < -0.4 is 0 Å². The van der Waals surface area contributed by atoms with Crippen LogP contribution in [0, 0.1) is 23.7 Å². The van der Waals surface area contributed by atoms with Crippen LogP contribution in [0.25, 0.3) is 16.9 Å². The van der Waals surface area contributed by atoms with Crippen molar-refractivity contribution in [2.75, 3.05) is 26.3 Å². The van der Waals surface area contributed by atoms with Gasteiger partial charge in [-0.05, 0) is 48.3 Å². The van der Waals surface area contributed by atoms with Crippen LogP contribution >= 0.6 is 0 Å². The van der Waals surface area contributed by atoms with E-state index in [0.29, 0.717) is 29.2 Å². The Balaban J connectivity index is 1.26. The Morgan fingerprint density at radius 2 is 1.93 bits per heavy atom. The van der Waals surface area contributed by atoms with Gasteiger partial charge in [0.1, 0.15) is 11.8 Å². The lowest BCUT2D eigenvalue weighted by atomic mass is 9.91. The smallest absolute Gasteiger partial charge is 0.255 e. The molecule has 1 aromatic carbocycles. The lowest BCUT2D eigenvalue weighted by molar-refractivity contribution is 0.0773. The van der Waals surface area contributed by atoms with Crippen LogP contribution in [0.15, 0.2) is 48.9 Å². The lowest BCUT2D eigenvalue weighted by Gasteiger charge is -2.20. The summed E-state index contributed by atoms with van der Waals surface area (Å²) < 4.78 is 7.61. The number of fused-ring (bicyclic) bond motifs is 4. The second-order valence-corrected chi connectivity index (χ2v) is 8.35. The second-order valence-electron chi connectivity index (χ2n) is 8.35. The fourth-order valence-corrected chi connectivity index (χ4v) is 5.49. The van der Waals surface area contributed by atoms with E-state index >= 15 is 0 Å². The molecule has 1 aliphatic carbocycles. The number of para-hydroxylation sites is 1. The molecule has 2 aliphatic heterocycles. The van der Waals surface area contributed by atoms with Crippen molar-refractivity contribution in [1.82, 2.24) is 19.4 Å². The molecule has 2 saturated heterocycles. The fraction of sp³-hybridized carbons (Fsp3) is 0.409. The summed E-state index contributed by atoms with van der Waals surface area (Å²) in [7, 11) is 0. The number of nitrogens with zero attached hydrogens (tertiary/aromatic N) is 4. The van der Waals surface area contributed by atoms with Crippen LogP contribution in [0.3, 0.4) is 0 Å². The third-order valence-corrected chi connectivity index (χ3v) is 6.85. The number of pyridine rings is 1. The number of likely N-dealkylation sites (tertiary alicyclic amines) is 1. The first-order valence-electron chi connectivity index (χ1n) is 10.0. The number of aromatic nitrogens is 3. The Hall–Kier alpha value is -2.73. The van der Waals surface area contributed by atoms with E-state index in [1.165, 1.54) is 6.42 Å². The predicted octanol–water partition coefficient (Wildman–Crippen LogP) is 2.78. The summed E-state index contributed by atoms with van der Waals surface area (Å²) in [6.07, 6.45) is 4.67. The van der Waals surface area contributed by atoms with Gasteiger partial charge in [0.05, 0.1) is 12.2 Å². The molecule has 1 amide bonds. The van der Waals surface area contributed by atoms with Crippen LogP contribution in [-0.2, 0) is 4.74 Å². The van der Waals surface area contributed by atoms with Crippen molar-refractivity contribution >= 4 is 17.1 Å². The average Bonchev–Trinajstić information content (AvgIpc) is 3.48. The van der Waals surface area contributed by atoms with Gasteiger partial charge < -0.3 is 9.64 Å². The van der Waals surface area contributed by atoms with E-state index in [9.17, 15) is 4.79 Å². The van der Waals surface area contributed by atoms with Gasteiger partial charge in [-0.1, -0.05) is 18.2 Å². The molecule has 0 radical (unpaired) electrons. The molecule has 0 unspecified atom stereocenters. The Morgan fingerprint density at radius 1 is 1.04 bits per heavy atom. The van der Waals surface area contributed by atoms with Crippen molar-refractivity contribution in [2.45, 2.75) is 6.42 Å². The maximum absolute atomic E-state index is 13.1. The van der Waals surface area contributed by atoms with Gasteiger partial charge in [0.25, 0.3) is 5.91 Å². The number of ether oxygens (including phenoxy) is 1. The number of amides is 1. The Morgan fingerprint density at radius 3 is 2.82 bits per heavy atom. The number of hydrogen-bond acceptors (Lipinski definition) is 4. The molecular weight excluding hydrogens is 352 g/mol. The number of carbonyl (C=O) groups is 1. The maximum Gasteiger partial charge on any atom is 0.255 e. The van der Waals surface area contributed by atoms with Crippen LogP contribution in [0.1, 0.15) is 16.8 Å². The van der Waals surface area contributed by atoms with Crippen LogP contribution in [0.2, 0.25) is 0 Å². The van der Waals surface area contributed by atoms with E-state index < -0.39 is 0 Å².